The van der Waals surface area contributed by atoms with Gasteiger partial charge in [-0.1, -0.05) is 41.5 Å². The van der Waals surface area contributed by atoms with Gasteiger partial charge in [0.15, 0.2) is 0 Å². The van der Waals surface area contributed by atoms with E-state index in [9.17, 15) is 8.42 Å². The molecule has 0 atom stereocenters. The van der Waals surface area contributed by atoms with Crippen LogP contribution >= 0.6 is 0 Å². The fourth-order valence-corrected chi connectivity index (χ4v) is 3.62. The average molecular weight is 279 g/mol. The van der Waals surface area contributed by atoms with Crippen LogP contribution in [0.5, 0.6) is 0 Å². The Morgan fingerprint density at radius 2 is 1.28 bits per heavy atom. The molecule has 0 saturated carbocycles. The Labute approximate surface area is 112 Å². The molecule has 110 valence electrons. The molecule has 0 aliphatic heterocycles. The molecular weight excluding hydrogens is 250 g/mol. The van der Waals surface area contributed by atoms with E-state index >= 15 is 0 Å². The molecule has 0 amide bonds. The molecule has 0 fully saturated rings. The normalized spacial score (nSPS) is 15.2. The third kappa shape index (κ3) is 6.71. The maximum absolute atomic E-state index is 11.0. The van der Waals surface area contributed by atoms with Crippen molar-refractivity contribution < 1.29 is 13.0 Å². The molecule has 0 aliphatic rings. The highest BCUT2D eigenvalue weighted by Gasteiger charge is 2.39. The summed E-state index contributed by atoms with van der Waals surface area (Å²) in [6.45, 7) is 16.3. The third-order valence-electron chi connectivity index (χ3n) is 2.81. The van der Waals surface area contributed by atoms with Crippen LogP contribution in [0.4, 0.5) is 0 Å². The fourth-order valence-electron chi connectivity index (χ4n) is 2.62. The Morgan fingerprint density at radius 3 is 1.50 bits per heavy atom. The molecule has 0 aromatic rings. The molecule has 0 aromatic heterocycles. The molecule has 0 aliphatic carbocycles. The van der Waals surface area contributed by atoms with Crippen LogP contribution in [0.3, 0.4) is 0 Å². The first-order valence-corrected chi connectivity index (χ1v) is 7.88. The van der Waals surface area contributed by atoms with E-state index in [4.69, 9.17) is 4.55 Å². The third-order valence-corrected chi connectivity index (χ3v) is 3.90. The second-order valence-electron chi connectivity index (χ2n) is 7.92. The van der Waals surface area contributed by atoms with Crippen molar-refractivity contribution in [3.63, 3.8) is 0 Å². The first-order chi connectivity index (χ1) is 7.55. The first-order valence-electron chi connectivity index (χ1n) is 6.27. The van der Waals surface area contributed by atoms with Crippen LogP contribution in [0, 0.1) is 10.8 Å². The standard InChI is InChI=1S/C13H29NO3S/c1-11(2,3)10(12(4,5)6)14-13(7,8)9-18(15,16)17/h10,14H,9H2,1-8H3,(H,15,16,17). The van der Waals surface area contributed by atoms with E-state index in [1.807, 2.05) is 0 Å². The van der Waals surface area contributed by atoms with Crippen LogP contribution in [0.1, 0.15) is 55.4 Å². The summed E-state index contributed by atoms with van der Waals surface area (Å²) in [6.07, 6.45) is 0. The lowest BCUT2D eigenvalue weighted by molar-refractivity contribution is 0.112. The first kappa shape index (κ1) is 17.9. The highest BCUT2D eigenvalue weighted by atomic mass is 32.2. The van der Waals surface area contributed by atoms with Crippen LogP contribution in [0.2, 0.25) is 0 Å². The molecule has 0 bridgehead atoms. The second kappa shape index (κ2) is 5.10. The van der Waals surface area contributed by atoms with Crippen LogP contribution in [-0.4, -0.2) is 30.3 Å². The maximum Gasteiger partial charge on any atom is 0.266 e. The van der Waals surface area contributed by atoms with E-state index in [2.05, 4.69) is 46.9 Å². The van der Waals surface area contributed by atoms with Crippen LogP contribution in [-0.2, 0) is 10.1 Å². The molecule has 18 heavy (non-hydrogen) atoms. The average Bonchev–Trinajstić information content (AvgIpc) is 1.90. The predicted octanol–water partition coefficient (Wildman–Crippen LogP) is 2.70. The monoisotopic (exact) mass is 279 g/mol. The Hall–Kier alpha value is -0.130. The summed E-state index contributed by atoms with van der Waals surface area (Å²) in [4.78, 5) is 0. The van der Waals surface area contributed by atoms with Crippen molar-refractivity contribution in [3.05, 3.63) is 0 Å². The van der Waals surface area contributed by atoms with Gasteiger partial charge in [0.2, 0.25) is 0 Å². The largest absolute Gasteiger partial charge is 0.307 e. The molecule has 0 spiro atoms. The van der Waals surface area contributed by atoms with Gasteiger partial charge in [-0.3, -0.25) is 4.55 Å². The van der Waals surface area contributed by atoms with Crippen molar-refractivity contribution >= 4 is 10.1 Å². The SMILES string of the molecule is CC(C)(CS(=O)(=O)O)NC(C(C)(C)C)C(C)(C)C. The van der Waals surface area contributed by atoms with Gasteiger partial charge in [-0.05, 0) is 24.7 Å². The van der Waals surface area contributed by atoms with Gasteiger partial charge in [0.05, 0.1) is 5.75 Å². The number of hydrogen-bond acceptors (Lipinski definition) is 3. The summed E-state index contributed by atoms with van der Waals surface area (Å²) in [5.74, 6) is -0.289. The summed E-state index contributed by atoms with van der Waals surface area (Å²) < 4.78 is 31.1. The molecule has 0 unspecified atom stereocenters. The topological polar surface area (TPSA) is 66.4 Å². The molecule has 0 radical (unpaired) electrons. The summed E-state index contributed by atoms with van der Waals surface area (Å²) >= 11 is 0. The summed E-state index contributed by atoms with van der Waals surface area (Å²) in [6, 6.07) is 0.127. The van der Waals surface area contributed by atoms with Gasteiger partial charge in [-0.25, -0.2) is 0 Å². The van der Waals surface area contributed by atoms with Crippen molar-refractivity contribution in [2.45, 2.75) is 67.0 Å². The van der Waals surface area contributed by atoms with Gasteiger partial charge in [0.25, 0.3) is 10.1 Å². The van der Waals surface area contributed by atoms with E-state index in [1.54, 1.807) is 13.8 Å². The van der Waals surface area contributed by atoms with Gasteiger partial charge in [-0.2, -0.15) is 8.42 Å². The zero-order valence-electron chi connectivity index (χ0n) is 13.0. The van der Waals surface area contributed by atoms with E-state index in [0.29, 0.717) is 0 Å². The van der Waals surface area contributed by atoms with Crippen LogP contribution < -0.4 is 5.32 Å². The van der Waals surface area contributed by atoms with Gasteiger partial charge in [0.1, 0.15) is 0 Å². The molecule has 0 aromatic carbocycles. The molecule has 4 nitrogen and oxygen atoms in total. The van der Waals surface area contributed by atoms with Crippen molar-refractivity contribution in [3.8, 4) is 0 Å². The van der Waals surface area contributed by atoms with Gasteiger partial charge < -0.3 is 5.32 Å². The van der Waals surface area contributed by atoms with Crippen molar-refractivity contribution in [1.29, 1.82) is 0 Å². The lowest BCUT2D eigenvalue weighted by atomic mass is 9.71. The van der Waals surface area contributed by atoms with Crippen molar-refractivity contribution in [2.24, 2.45) is 10.8 Å². The Bertz CT molecular complexity index is 358. The predicted molar refractivity (Wildman–Crippen MR) is 76.3 cm³/mol. The zero-order valence-corrected chi connectivity index (χ0v) is 13.8. The summed E-state index contributed by atoms with van der Waals surface area (Å²) in [7, 11) is -3.98. The quantitative estimate of drug-likeness (QED) is 0.777. The zero-order chi connectivity index (χ0) is 15.0. The molecule has 0 heterocycles. The minimum absolute atomic E-state index is 0.00522. The highest BCUT2D eigenvalue weighted by Crippen LogP contribution is 2.34. The van der Waals surface area contributed by atoms with Gasteiger partial charge >= 0.3 is 0 Å². The number of rotatable bonds is 4. The van der Waals surface area contributed by atoms with Crippen LogP contribution in [0.15, 0.2) is 0 Å². The summed E-state index contributed by atoms with van der Waals surface area (Å²) in [5.41, 5.74) is -0.678. The fraction of sp³-hybridized carbons (Fsp3) is 1.00. The van der Waals surface area contributed by atoms with Gasteiger partial charge in [0, 0.05) is 11.6 Å². The van der Waals surface area contributed by atoms with E-state index in [-0.39, 0.29) is 22.6 Å². The lowest BCUT2D eigenvalue weighted by Crippen LogP contribution is -2.59. The van der Waals surface area contributed by atoms with Crippen molar-refractivity contribution in [2.75, 3.05) is 5.75 Å². The second-order valence-corrected chi connectivity index (χ2v) is 9.37. The summed E-state index contributed by atoms with van der Waals surface area (Å²) in [5, 5.41) is 3.39. The Kier molecular flexibility index (Phi) is 5.06. The van der Waals surface area contributed by atoms with Gasteiger partial charge in [-0.15, -0.1) is 0 Å². The van der Waals surface area contributed by atoms with Crippen molar-refractivity contribution in [1.82, 2.24) is 5.32 Å². The molecule has 0 rings (SSSR count). The smallest absolute Gasteiger partial charge is 0.266 e. The minimum atomic E-state index is -3.98. The molecular formula is C13H29NO3S. The van der Waals surface area contributed by atoms with Crippen LogP contribution in [0.25, 0.3) is 0 Å². The van der Waals surface area contributed by atoms with E-state index in [1.165, 1.54) is 0 Å². The van der Waals surface area contributed by atoms with E-state index < -0.39 is 15.7 Å². The maximum atomic E-state index is 11.0. The number of hydrogen-bond donors (Lipinski definition) is 2. The molecule has 2 N–H and O–H groups in total. The number of nitrogens with one attached hydrogen (secondary N) is 1. The highest BCUT2D eigenvalue weighted by molar-refractivity contribution is 7.85. The minimum Gasteiger partial charge on any atom is -0.307 e. The molecule has 5 heteroatoms. The Morgan fingerprint density at radius 1 is 0.944 bits per heavy atom. The van der Waals surface area contributed by atoms with E-state index in [0.717, 1.165) is 0 Å². The Balaban J connectivity index is 5.13. The lowest BCUT2D eigenvalue weighted by Gasteiger charge is -2.45. The molecule has 0 saturated heterocycles.